The maximum absolute atomic E-state index is 6.14. The minimum absolute atomic E-state index is 0.207. The number of hydrogen-bond acceptors (Lipinski definition) is 3. The zero-order chi connectivity index (χ0) is 14.9. The SMILES string of the molecule is CC(C)N(Cc1ccccc1N)C1CCOC2(CCC2)C1. The van der Waals surface area contributed by atoms with Gasteiger partial charge in [0.15, 0.2) is 0 Å². The molecule has 1 heterocycles. The van der Waals surface area contributed by atoms with Crippen LogP contribution < -0.4 is 5.73 Å². The molecule has 0 radical (unpaired) electrons. The van der Waals surface area contributed by atoms with Gasteiger partial charge in [-0.15, -0.1) is 0 Å². The Hall–Kier alpha value is -1.06. The van der Waals surface area contributed by atoms with Crippen LogP contribution in [0.2, 0.25) is 0 Å². The van der Waals surface area contributed by atoms with Gasteiger partial charge in [0.05, 0.1) is 5.60 Å². The number of nitrogens with zero attached hydrogens (tertiary/aromatic N) is 1. The summed E-state index contributed by atoms with van der Waals surface area (Å²) in [4.78, 5) is 2.62. The first kappa shape index (κ1) is 14.9. The highest BCUT2D eigenvalue weighted by atomic mass is 16.5. The van der Waals surface area contributed by atoms with E-state index in [1.165, 1.54) is 31.2 Å². The summed E-state index contributed by atoms with van der Waals surface area (Å²) in [6.45, 7) is 6.45. The predicted octanol–water partition coefficient (Wildman–Crippen LogP) is 3.58. The third kappa shape index (κ3) is 3.09. The molecule has 2 N–H and O–H groups in total. The molecule has 1 aromatic rings. The van der Waals surface area contributed by atoms with Gasteiger partial charge in [0, 0.05) is 30.9 Å². The summed E-state index contributed by atoms with van der Waals surface area (Å²) in [5.74, 6) is 0. The molecule has 2 aliphatic rings. The summed E-state index contributed by atoms with van der Waals surface area (Å²) < 4.78 is 6.08. The summed E-state index contributed by atoms with van der Waals surface area (Å²) in [6.07, 6.45) is 6.18. The first-order valence-corrected chi connectivity index (χ1v) is 8.33. The lowest BCUT2D eigenvalue weighted by Crippen LogP contribution is -2.53. The molecular weight excluding hydrogens is 260 g/mol. The van der Waals surface area contributed by atoms with Crippen molar-refractivity contribution in [3.63, 3.8) is 0 Å². The second-order valence-corrected chi connectivity index (χ2v) is 7.00. The fourth-order valence-electron chi connectivity index (χ4n) is 3.81. The van der Waals surface area contributed by atoms with Gasteiger partial charge in [-0.05, 0) is 57.6 Å². The minimum Gasteiger partial charge on any atom is -0.398 e. The Kier molecular flexibility index (Phi) is 4.23. The number of nitrogens with two attached hydrogens (primary N) is 1. The van der Waals surface area contributed by atoms with Gasteiger partial charge in [0.1, 0.15) is 0 Å². The average molecular weight is 288 g/mol. The Bertz CT molecular complexity index is 482. The maximum atomic E-state index is 6.14. The molecule has 1 saturated carbocycles. The molecule has 3 nitrogen and oxygen atoms in total. The van der Waals surface area contributed by atoms with Crippen molar-refractivity contribution in [3.05, 3.63) is 29.8 Å². The third-order valence-electron chi connectivity index (χ3n) is 5.27. The molecule has 1 aliphatic heterocycles. The largest absolute Gasteiger partial charge is 0.398 e. The molecule has 3 rings (SSSR count). The molecule has 0 aromatic heterocycles. The van der Waals surface area contributed by atoms with E-state index in [0.29, 0.717) is 12.1 Å². The van der Waals surface area contributed by atoms with Gasteiger partial charge >= 0.3 is 0 Å². The molecule has 1 atom stereocenters. The number of ether oxygens (including phenoxy) is 1. The van der Waals surface area contributed by atoms with Gasteiger partial charge in [0.2, 0.25) is 0 Å². The van der Waals surface area contributed by atoms with Crippen molar-refractivity contribution in [2.24, 2.45) is 0 Å². The van der Waals surface area contributed by atoms with Gasteiger partial charge in [-0.25, -0.2) is 0 Å². The second kappa shape index (κ2) is 5.98. The quantitative estimate of drug-likeness (QED) is 0.861. The zero-order valence-corrected chi connectivity index (χ0v) is 13.3. The van der Waals surface area contributed by atoms with E-state index in [4.69, 9.17) is 10.5 Å². The summed E-state index contributed by atoms with van der Waals surface area (Å²) >= 11 is 0. The Labute approximate surface area is 128 Å². The molecular formula is C18H28N2O. The fraction of sp³-hybridized carbons (Fsp3) is 0.667. The first-order chi connectivity index (χ1) is 10.1. The van der Waals surface area contributed by atoms with Crippen LogP contribution in [0.1, 0.15) is 51.5 Å². The molecule has 0 bridgehead atoms. The Morgan fingerprint density at radius 2 is 2.10 bits per heavy atom. The van der Waals surface area contributed by atoms with E-state index in [1.807, 2.05) is 12.1 Å². The van der Waals surface area contributed by atoms with Crippen LogP contribution in [0.4, 0.5) is 5.69 Å². The van der Waals surface area contributed by atoms with E-state index < -0.39 is 0 Å². The van der Waals surface area contributed by atoms with Crippen molar-refractivity contribution in [1.82, 2.24) is 4.90 Å². The molecule has 0 amide bonds. The number of rotatable bonds is 4. The third-order valence-corrected chi connectivity index (χ3v) is 5.27. The average Bonchev–Trinajstić information content (AvgIpc) is 2.44. The number of anilines is 1. The van der Waals surface area contributed by atoms with Crippen molar-refractivity contribution in [2.75, 3.05) is 12.3 Å². The molecule has 1 aromatic carbocycles. The van der Waals surface area contributed by atoms with Crippen LogP contribution in [0.3, 0.4) is 0 Å². The van der Waals surface area contributed by atoms with Crippen LogP contribution in [0.15, 0.2) is 24.3 Å². The van der Waals surface area contributed by atoms with E-state index in [-0.39, 0.29) is 5.60 Å². The maximum Gasteiger partial charge on any atom is 0.0697 e. The first-order valence-electron chi connectivity index (χ1n) is 8.33. The van der Waals surface area contributed by atoms with Crippen molar-refractivity contribution < 1.29 is 4.74 Å². The standard InChI is InChI=1S/C18H28N2O/c1-14(2)20(13-15-6-3-4-7-17(15)19)16-8-11-21-18(12-16)9-5-10-18/h3-4,6-7,14,16H,5,8-13,19H2,1-2H3. The molecule has 3 heteroatoms. The van der Waals surface area contributed by atoms with Crippen LogP contribution in [0, 0.1) is 0 Å². The van der Waals surface area contributed by atoms with Crippen LogP contribution in [0.5, 0.6) is 0 Å². The number of benzene rings is 1. The molecule has 2 fully saturated rings. The lowest BCUT2D eigenvalue weighted by Gasteiger charge is -2.50. The van der Waals surface area contributed by atoms with Gasteiger partial charge in [-0.1, -0.05) is 18.2 Å². The van der Waals surface area contributed by atoms with Crippen LogP contribution in [0.25, 0.3) is 0 Å². The highest BCUT2D eigenvalue weighted by molar-refractivity contribution is 5.46. The van der Waals surface area contributed by atoms with E-state index in [0.717, 1.165) is 25.3 Å². The topological polar surface area (TPSA) is 38.5 Å². The second-order valence-electron chi connectivity index (χ2n) is 7.00. The smallest absolute Gasteiger partial charge is 0.0697 e. The molecule has 21 heavy (non-hydrogen) atoms. The minimum atomic E-state index is 0.207. The molecule has 116 valence electrons. The van der Waals surface area contributed by atoms with Gasteiger partial charge in [0.25, 0.3) is 0 Å². The lowest BCUT2D eigenvalue weighted by molar-refractivity contribution is -0.151. The van der Waals surface area contributed by atoms with Gasteiger partial charge in [-0.2, -0.15) is 0 Å². The Balaban J connectivity index is 1.73. The van der Waals surface area contributed by atoms with E-state index in [1.54, 1.807) is 0 Å². The number of para-hydroxylation sites is 1. The number of nitrogen functional groups attached to an aromatic ring is 1. The molecule has 1 saturated heterocycles. The summed E-state index contributed by atoms with van der Waals surface area (Å²) in [5, 5.41) is 0. The highest BCUT2D eigenvalue weighted by Gasteiger charge is 2.44. The van der Waals surface area contributed by atoms with Gasteiger partial charge < -0.3 is 10.5 Å². The normalized spacial score (nSPS) is 24.5. The fourth-order valence-corrected chi connectivity index (χ4v) is 3.81. The van der Waals surface area contributed by atoms with Crippen molar-refractivity contribution in [1.29, 1.82) is 0 Å². The summed E-state index contributed by atoms with van der Waals surface area (Å²) in [5.41, 5.74) is 8.51. The predicted molar refractivity (Wildman–Crippen MR) is 87.1 cm³/mol. The van der Waals surface area contributed by atoms with Crippen molar-refractivity contribution in [2.45, 2.75) is 70.2 Å². The lowest BCUT2D eigenvalue weighted by atomic mass is 9.73. The van der Waals surface area contributed by atoms with E-state index in [9.17, 15) is 0 Å². The Morgan fingerprint density at radius 3 is 2.71 bits per heavy atom. The molecule has 1 unspecified atom stereocenters. The molecule has 1 spiro atoms. The highest BCUT2D eigenvalue weighted by Crippen LogP contribution is 2.43. The van der Waals surface area contributed by atoms with Crippen LogP contribution in [-0.2, 0) is 11.3 Å². The summed E-state index contributed by atoms with van der Waals surface area (Å²) in [6, 6.07) is 9.41. The van der Waals surface area contributed by atoms with Crippen LogP contribution >= 0.6 is 0 Å². The van der Waals surface area contributed by atoms with Crippen molar-refractivity contribution in [3.8, 4) is 0 Å². The van der Waals surface area contributed by atoms with E-state index in [2.05, 4.69) is 30.9 Å². The van der Waals surface area contributed by atoms with Crippen molar-refractivity contribution >= 4 is 5.69 Å². The zero-order valence-electron chi connectivity index (χ0n) is 13.3. The van der Waals surface area contributed by atoms with Crippen LogP contribution in [-0.4, -0.2) is 29.2 Å². The Morgan fingerprint density at radius 1 is 1.33 bits per heavy atom. The van der Waals surface area contributed by atoms with Gasteiger partial charge in [-0.3, -0.25) is 4.90 Å². The summed E-state index contributed by atoms with van der Waals surface area (Å²) in [7, 11) is 0. The molecule has 1 aliphatic carbocycles. The van der Waals surface area contributed by atoms with E-state index >= 15 is 0 Å². The number of hydrogen-bond donors (Lipinski definition) is 1. The monoisotopic (exact) mass is 288 g/mol.